The summed E-state index contributed by atoms with van der Waals surface area (Å²) < 4.78 is 8.84. The van der Waals surface area contributed by atoms with Gasteiger partial charge in [0.05, 0.1) is 7.11 Å². The Labute approximate surface area is 114 Å². The molecule has 0 amide bonds. The van der Waals surface area contributed by atoms with Crippen LogP contribution in [0.2, 0.25) is 0 Å². The zero-order valence-electron chi connectivity index (χ0n) is 10.4. The Morgan fingerprint density at radius 3 is 2.58 bits per heavy atom. The van der Waals surface area contributed by atoms with Gasteiger partial charge in [0, 0.05) is 13.1 Å². The minimum Gasteiger partial charge on any atom is -0.465 e. The fourth-order valence-electron chi connectivity index (χ4n) is 2.28. The minimum absolute atomic E-state index is 0.239. The van der Waals surface area contributed by atoms with Gasteiger partial charge >= 0.3 is 5.97 Å². The third kappa shape index (κ3) is 1.94. The summed E-state index contributed by atoms with van der Waals surface area (Å²) in [5, 5.41) is 0.778. The molecule has 98 valence electrons. The van der Waals surface area contributed by atoms with E-state index in [0.717, 1.165) is 18.1 Å². The Morgan fingerprint density at radius 1 is 1.37 bits per heavy atom. The first-order valence-electron chi connectivity index (χ1n) is 5.86. The molecule has 6 heteroatoms. The fraction of sp³-hybridized carbons (Fsp3) is 0.231. The third-order valence-electron chi connectivity index (χ3n) is 3.22. The highest BCUT2D eigenvalue weighted by Gasteiger charge is 2.27. The number of rotatable bonds is 2. The summed E-state index contributed by atoms with van der Waals surface area (Å²) in [6, 6.07) is 8.23. The molecule has 1 aromatic heterocycles. The van der Waals surface area contributed by atoms with Crippen molar-refractivity contribution in [3.63, 3.8) is 0 Å². The molecule has 0 saturated heterocycles. The van der Waals surface area contributed by atoms with Crippen LogP contribution in [0.25, 0.3) is 0 Å². The number of aromatic nitrogens is 1. The number of nitrogens with zero attached hydrogens (tertiary/aromatic N) is 2. The number of esters is 1. The maximum absolute atomic E-state index is 11.8. The number of methoxy groups -OCH3 is 1. The van der Waals surface area contributed by atoms with Gasteiger partial charge in [-0.2, -0.15) is 4.37 Å². The van der Waals surface area contributed by atoms with Crippen LogP contribution in [0.1, 0.15) is 21.5 Å². The zero-order valence-corrected chi connectivity index (χ0v) is 11.2. The summed E-state index contributed by atoms with van der Waals surface area (Å²) in [6.07, 6.45) is 0. The van der Waals surface area contributed by atoms with Gasteiger partial charge in [0.2, 0.25) is 0 Å². The van der Waals surface area contributed by atoms with Crippen LogP contribution in [-0.4, -0.2) is 17.5 Å². The van der Waals surface area contributed by atoms with Gasteiger partial charge in [-0.25, -0.2) is 4.79 Å². The summed E-state index contributed by atoms with van der Waals surface area (Å²) in [5.41, 5.74) is 8.68. The lowest BCUT2D eigenvalue weighted by molar-refractivity contribution is 0.0603. The zero-order chi connectivity index (χ0) is 13.4. The Balaban J connectivity index is 1.96. The molecule has 1 aliphatic heterocycles. The molecule has 3 rings (SSSR count). The predicted octanol–water partition coefficient (Wildman–Crippen LogP) is 2.03. The van der Waals surface area contributed by atoms with Crippen LogP contribution < -0.4 is 10.6 Å². The van der Waals surface area contributed by atoms with Gasteiger partial charge in [-0.15, -0.1) is 0 Å². The summed E-state index contributed by atoms with van der Waals surface area (Å²) in [6.45, 7) is 1.53. The van der Waals surface area contributed by atoms with Crippen LogP contribution in [0.3, 0.4) is 0 Å². The first-order valence-corrected chi connectivity index (χ1v) is 6.63. The summed E-state index contributed by atoms with van der Waals surface area (Å²) >= 11 is 1.24. The van der Waals surface area contributed by atoms with E-state index in [1.54, 1.807) is 0 Å². The van der Waals surface area contributed by atoms with Crippen molar-refractivity contribution in [1.29, 1.82) is 0 Å². The van der Waals surface area contributed by atoms with Gasteiger partial charge in [-0.3, -0.25) is 0 Å². The number of fused-ring (bicyclic) bond motifs is 1. The number of anilines is 2. The van der Waals surface area contributed by atoms with Crippen LogP contribution >= 0.6 is 11.5 Å². The second-order valence-electron chi connectivity index (χ2n) is 4.36. The monoisotopic (exact) mass is 275 g/mol. The Bertz CT molecular complexity index is 614. The van der Waals surface area contributed by atoms with Crippen LogP contribution in [-0.2, 0) is 17.8 Å². The highest BCUT2D eigenvalue weighted by Crippen LogP contribution is 2.36. The molecule has 0 unspecified atom stereocenters. The largest absolute Gasteiger partial charge is 0.465 e. The molecular weight excluding hydrogens is 262 g/mol. The number of nitrogen functional groups attached to an aromatic ring is 1. The van der Waals surface area contributed by atoms with E-state index in [2.05, 4.69) is 21.4 Å². The van der Waals surface area contributed by atoms with Crippen molar-refractivity contribution in [3.8, 4) is 0 Å². The van der Waals surface area contributed by atoms with Crippen molar-refractivity contribution in [2.24, 2.45) is 0 Å². The van der Waals surface area contributed by atoms with Crippen LogP contribution in [0, 0.1) is 0 Å². The van der Waals surface area contributed by atoms with E-state index in [-0.39, 0.29) is 5.82 Å². The number of carbonyl (C=O) groups excluding carboxylic acids is 1. The van der Waals surface area contributed by atoms with Crippen molar-refractivity contribution in [1.82, 2.24) is 4.37 Å². The van der Waals surface area contributed by atoms with Crippen LogP contribution in [0.15, 0.2) is 24.3 Å². The third-order valence-corrected chi connectivity index (χ3v) is 4.14. The van der Waals surface area contributed by atoms with Crippen molar-refractivity contribution in [2.45, 2.75) is 13.1 Å². The number of nitrogens with two attached hydrogens (primary N) is 1. The number of ether oxygens (including phenoxy) is 1. The van der Waals surface area contributed by atoms with E-state index >= 15 is 0 Å². The average molecular weight is 275 g/mol. The number of hydrogen-bond acceptors (Lipinski definition) is 6. The van der Waals surface area contributed by atoms with Gasteiger partial charge in [0.25, 0.3) is 0 Å². The molecular formula is C13H13N3O2S. The lowest BCUT2D eigenvalue weighted by Crippen LogP contribution is -2.17. The molecule has 2 aromatic rings. The summed E-state index contributed by atoms with van der Waals surface area (Å²) in [4.78, 5) is 13.9. The molecule has 5 nitrogen and oxygen atoms in total. The molecule has 0 fully saturated rings. The minimum atomic E-state index is -0.433. The van der Waals surface area contributed by atoms with E-state index in [1.165, 1.54) is 29.8 Å². The molecule has 2 N–H and O–H groups in total. The van der Waals surface area contributed by atoms with Crippen LogP contribution in [0.4, 0.5) is 10.8 Å². The van der Waals surface area contributed by atoms with E-state index < -0.39 is 5.97 Å². The van der Waals surface area contributed by atoms with E-state index in [0.29, 0.717) is 5.56 Å². The molecule has 2 heterocycles. The fourth-order valence-corrected chi connectivity index (χ4v) is 3.08. The molecule has 1 aliphatic rings. The lowest BCUT2D eigenvalue weighted by Gasteiger charge is -2.16. The smallest absolute Gasteiger partial charge is 0.344 e. The molecule has 0 saturated carbocycles. The number of hydrogen-bond donors (Lipinski definition) is 1. The van der Waals surface area contributed by atoms with E-state index in [4.69, 9.17) is 10.5 Å². The van der Waals surface area contributed by atoms with Gasteiger partial charge in [-0.05, 0) is 22.7 Å². The van der Waals surface area contributed by atoms with Crippen LogP contribution in [0.5, 0.6) is 0 Å². The highest BCUT2D eigenvalue weighted by atomic mass is 32.1. The number of benzene rings is 1. The Morgan fingerprint density at radius 2 is 2.00 bits per heavy atom. The highest BCUT2D eigenvalue weighted by molar-refractivity contribution is 7.11. The van der Waals surface area contributed by atoms with Crippen molar-refractivity contribution >= 4 is 28.3 Å². The number of carbonyl (C=O) groups is 1. The maximum Gasteiger partial charge on any atom is 0.344 e. The topological polar surface area (TPSA) is 68.5 Å². The average Bonchev–Trinajstić information content (AvgIpc) is 3.00. The van der Waals surface area contributed by atoms with Gasteiger partial charge in [0.1, 0.15) is 10.6 Å². The molecule has 0 radical (unpaired) electrons. The molecule has 19 heavy (non-hydrogen) atoms. The summed E-state index contributed by atoms with van der Waals surface area (Å²) in [5.74, 6) is -0.194. The maximum atomic E-state index is 11.8. The second kappa shape index (κ2) is 4.55. The van der Waals surface area contributed by atoms with Gasteiger partial charge < -0.3 is 15.4 Å². The predicted molar refractivity (Wildman–Crippen MR) is 74.2 cm³/mol. The van der Waals surface area contributed by atoms with Gasteiger partial charge in [-0.1, -0.05) is 24.3 Å². The Kier molecular flexibility index (Phi) is 2.87. The molecule has 0 bridgehead atoms. The molecule has 0 atom stereocenters. The van der Waals surface area contributed by atoms with E-state index in [9.17, 15) is 4.79 Å². The SMILES string of the molecule is COC(=O)c1c(N)nsc1N1Cc2ccccc2C1. The standard InChI is InChI=1S/C13H13N3O2S/c1-18-13(17)10-11(14)15-19-12(10)16-6-8-4-2-3-5-9(8)7-16/h2-5H,6-7H2,1H3,(H2,14,15). The van der Waals surface area contributed by atoms with E-state index in [1.807, 2.05) is 12.1 Å². The lowest BCUT2D eigenvalue weighted by atomic mass is 10.1. The second-order valence-corrected chi connectivity index (χ2v) is 5.12. The first kappa shape index (κ1) is 12.0. The first-order chi connectivity index (χ1) is 9.20. The Hall–Kier alpha value is -2.08. The quantitative estimate of drug-likeness (QED) is 0.849. The molecule has 1 aromatic carbocycles. The van der Waals surface area contributed by atoms with Gasteiger partial charge in [0.15, 0.2) is 5.82 Å². The normalized spacial score (nSPS) is 13.4. The molecule has 0 spiro atoms. The molecule has 0 aliphatic carbocycles. The van der Waals surface area contributed by atoms with Crippen molar-refractivity contribution in [2.75, 3.05) is 17.7 Å². The van der Waals surface area contributed by atoms with Crippen molar-refractivity contribution < 1.29 is 9.53 Å². The summed E-state index contributed by atoms with van der Waals surface area (Å²) in [7, 11) is 1.35. The van der Waals surface area contributed by atoms with Crippen molar-refractivity contribution in [3.05, 3.63) is 41.0 Å².